The van der Waals surface area contributed by atoms with Crippen molar-refractivity contribution in [1.29, 1.82) is 0 Å². The molecule has 16 heavy (non-hydrogen) atoms. The Morgan fingerprint density at radius 2 is 2.19 bits per heavy atom. The summed E-state index contributed by atoms with van der Waals surface area (Å²) in [5.41, 5.74) is 0.926. The summed E-state index contributed by atoms with van der Waals surface area (Å²) < 4.78 is 5.60. The average Bonchev–Trinajstić information content (AvgIpc) is 2.27. The molecule has 86 valence electrons. The molecule has 0 atom stereocenters. The van der Waals surface area contributed by atoms with E-state index in [0.29, 0.717) is 18.9 Å². The highest BCUT2D eigenvalue weighted by atomic mass is 16.5. The molecule has 1 rings (SSSR count). The number of benzene rings is 1. The second-order valence-electron chi connectivity index (χ2n) is 4.01. The van der Waals surface area contributed by atoms with E-state index in [2.05, 4.69) is 25.7 Å². The number of aliphatic hydroxyl groups is 1. The predicted octanol–water partition coefficient (Wildman–Crippen LogP) is 2.46. The van der Waals surface area contributed by atoms with Gasteiger partial charge in [0.1, 0.15) is 5.75 Å². The van der Waals surface area contributed by atoms with Crippen LogP contribution in [0.4, 0.5) is 0 Å². The molecular formula is C14H18O2. The molecule has 0 aliphatic heterocycles. The van der Waals surface area contributed by atoms with Crippen molar-refractivity contribution in [2.24, 2.45) is 5.92 Å². The van der Waals surface area contributed by atoms with Gasteiger partial charge in [-0.1, -0.05) is 31.8 Å². The molecule has 2 heteroatoms. The Labute approximate surface area is 97.3 Å². The Bertz CT molecular complexity index is 372. The van der Waals surface area contributed by atoms with Crippen LogP contribution in [-0.4, -0.2) is 18.3 Å². The summed E-state index contributed by atoms with van der Waals surface area (Å²) >= 11 is 0. The first kappa shape index (κ1) is 12.6. The van der Waals surface area contributed by atoms with Gasteiger partial charge in [-0.3, -0.25) is 0 Å². The number of ether oxygens (including phenoxy) is 1. The summed E-state index contributed by atoms with van der Waals surface area (Å²) in [6, 6.07) is 7.72. The molecule has 0 aliphatic carbocycles. The summed E-state index contributed by atoms with van der Waals surface area (Å²) in [6.07, 6.45) is 0.511. The zero-order valence-corrected chi connectivity index (χ0v) is 9.86. The molecular weight excluding hydrogens is 200 g/mol. The lowest BCUT2D eigenvalue weighted by atomic mass is 10.2. The van der Waals surface area contributed by atoms with Crippen LogP contribution < -0.4 is 4.74 Å². The van der Waals surface area contributed by atoms with E-state index in [-0.39, 0.29) is 6.61 Å². The van der Waals surface area contributed by atoms with Gasteiger partial charge in [-0.25, -0.2) is 0 Å². The number of aliphatic hydroxyl groups excluding tert-OH is 1. The summed E-state index contributed by atoms with van der Waals surface area (Å²) in [4.78, 5) is 0. The van der Waals surface area contributed by atoms with E-state index < -0.39 is 0 Å². The molecule has 0 unspecified atom stereocenters. The third-order valence-electron chi connectivity index (χ3n) is 1.89. The van der Waals surface area contributed by atoms with Gasteiger partial charge in [-0.2, -0.15) is 0 Å². The molecule has 0 aliphatic rings. The smallest absolute Gasteiger partial charge is 0.120 e. The van der Waals surface area contributed by atoms with E-state index in [1.807, 2.05) is 24.3 Å². The van der Waals surface area contributed by atoms with Gasteiger partial charge >= 0.3 is 0 Å². The maximum atomic E-state index is 8.62. The molecule has 0 fully saturated rings. The van der Waals surface area contributed by atoms with Crippen molar-refractivity contribution < 1.29 is 9.84 Å². The maximum absolute atomic E-state index is 8.62. The number of hydrogen-bond donors (Lipinski definition) is 1. The monoisotopic (exact) mass is 218 g/mol. The second-order valence-corrected chi connectivity index (χ2v) is 4.01. The molecule has 1 aromatic rings. The zero-order valence-electron chi connectivity index (χ0n) is 9.86. The van der Waals surface area contributed by atoms with E-state index in [1.165, 1.54) is 0 Å². The van der Waals surface area contributed by atoms with Crippen molar-refractivity contribution in [3.8, 4) is 17.6 Å². The minimum Gasteiger partial charge on any atom is -0.493 e. The van der Waals surface area contributed by atoms with Crippen LogP contribution in [0.1, 0.15) is 25.8 Å². The Morgan fingerprint density at radius 3 is 2.88 bits per heavy atom. The average molecular weight is 218 g/mol. The fraction of sp³-hybridized carbons (Fsp3) is 0.429. The molecule has 0 heterocycles. The molecule has 0 spiro atoms. The van der Waals surface area contributed by atoms with Crippen molar-refractivity contribution in [2.75, 3.05) is 13.2 Å². The van der Waals surface area contributed by atoms with Gasteiger partial charge in [0, 0.05) is 12.0 Å². The highest BCUT2D eigenvalue weighted by Gasteiger charge is 1.97. The van der Waals surface area contributed by atoms with Gasteiger partial charge in [-0.15, -0.1) is 0 Å². The van der Waals surface area contributed by atoms with Crippen LogP contribution in [0.3, 0.4) is 0 Å². The van der Waals surface area contributed by atoms with E-state index in [0.717, 1.165) is 11.3 Å². The quantitative estimate of drug-likeness (QED) is 0.787. The first-order valence-electron chi connectivity index (χ1n) is 5.55. The minimum absolute atomic E-state index is 0.108. The number of hydrogen-bond acceptors (Lipinski definition) is 2. The van der Waals surface area contributed by atoms with Gasteiger partial charge in [-0.05, 0) is 24.1 Å². The molecule has 0 amide bonds. The molecule has 1 aromatic carbocycles. The van der Waals surface area contributed by atoms with Gasteiger partial charge < -0.3 is 9.84 Å². The lowest BCUT2D eigenvalue weighted by Crippen LogP contribution is -2.04. The minimum atomic E-state index is 0.108. The Morgan fingerprint density at radius 1 is 1.38 bits per heavy atom. The third kappa shape index (κ3) is 4.86. The van der Waals surface area contributed by atoms with Crippen molar-refractivity contribution in [3.05, 3.63) is 29.8 Å². The highest BCUT2D eigenvalue weighted by molar-refractivity contribution is 5.39. The second kappa shape index (κ2) is 6.92. The predicted molar refractivity (Wildman–Crippen MR) is 65.4 cm³/mol. The van der Waals surface area contributed by atoms with E-state index in [9.17, 15) is 0 Å². The van der Waals surface area contributed by atoms with E-state index in [1.54, 1.807) is 0 Å². The number of rotatable bonds is 4. The van der Waals surface area contributed by atoms with Crippen LogP contribution in [0.25, 0.3) is 0 Å². The molecule has 0 radical (unpaired) electrons. The van der Waals surface area contributed by atoms with Crippen LogP contribution in [0.2, 0.25) is 0 Å². The first-order chi connectivity index (χ1) is 7.72. The van der Waals surface area contributed by atoms with Crippen LogP contribution >= 0.6 is 0 Å². The normalized spacial score (nSPS) is 9.75. The molecule has 0 saturated heterocycles. The highest BCUT2D eigenvalue weighted by Crippen LogP contribution is 2.13. The fourth-order valence-corrected chi connectivity index (χ4v) is 1.15. The van der Waals surface area contributed by atoms with Crippen LogP contribution in [0.5, 0.6) is 5.75 Å². The third-order valence-corrected chi connectivity index (χ3v) is 1.89. The van der Waals surface area contributed by atoms with Crippen molar-refractivity contribution in [1.82, 2.24) is 0 Å². The van der Waals surface area contributed by atoms with Crippen molar-refractivity contribution >= 4 is 0 Å². The van der Waals surface area contributed by atoms with Crippen LogP contribution in [0.15, 0.2) is 24.3 Å². The van der Waals surface area contributed by atoms with Gasteiger partial charge in [0.2, 0.25) is 0 Å². The van der Waals surface area contributed by atoms with E-state index >= 15 is 0 Å². The van der Waals surface area contributed by atoms with Gasteiger partial charge in [0.25, 0.3) is 0 Å². The fourth-order valence-electron chi connectivity index (χ4n) is 1.15. The summed E-state index contributed by atoms with van der Waals surface area (Å²) in [7, 11) is 0. The molecule has 0 aromatic heterocycles. The van der Waals surface area contributed by atoms with Gasteiger partial charge in [0.15, 0.2) is 0 Å². The lowest BCUT2D eigenvalue weighted by Gasteiger charge is -2.08. The Hall–Kier alpha value is -1.46. The van der Waals surface area contributed by atoms with Crippen molar-refractivity contribution in [2.45, 2.75) is 20.3 Å². The van der Waals surface area contributed by atoms with Crippen LogP contribution in [-0.2, 0) is 0 Å². The van der Waals surface area contributed by atoms with Crippen molar-refractivity contribution in [3.63, 3.8) is 0 Å². The first-order valence-corrected chi connectivity index (χ1v) is 5.55. The lowest BCUT2D eigenvalue weighted by molar-refractivity contribution is 0.271. The zero-order chi connectivity index (χ0) is 11.8. The SMILES string of the molecule is CC(C)COc1cccc(C#CCCO)c1. The standard InChI is InChI=1S/C14H18O2/c1-12(2)11-16-14-8-5-7-13(10-14)6-3-4-9-15/h5,7-8,10,12,15H,4,9,11H2,1-2H3. The van der Waals surface area contributed by atoms with Gasteiger partial charge in [0.05, 0.1) is 13.2 Å². The largest absolute Gasteiger partial charge is 0.493 e. The Balaban J connectivity index is 2.61. The van der Waals surface area contributed by atoms with Crippen LogP contribution in [0, 0.1) is 17.8 Å². The Kier molecular flexibility index (Phi) is 5.45. The summed E-state index contributed by atoms with van der Waals surface area (Å²) in [6.45, 7) is 5.06. The topological polar surface area (TPSA) is 29.5 Å². The molecule has 1 N–H and O–H groups in total. The molecule has 0 saturated carbocycles. The molecule has 2 nitrogen and oxygen atoms in total. The molecule has 0 bridgehead atoms. The summed E-state index contributed by atoms with van der Waals surface area (Å²) in [5, 5.41) is 8.62. The van der Waals surface area contributed by atoms with E-state index in [4.69, 9.17) is 9.84 Å². The summed E-state index contributed by atoms with van der Waals surface area (Å²) in [5.74, 6) is 7.24. The maximum Gasteiger partial charge on any atom is 0.120 e.